The zero-order chi connectivity index (χ0) is 15.0. The van der Waals surface area contributed by atoms with Crippen LogP contribution in [0.1, 0.15) is 6.92 Å². The molecule has 11 heteroatoms. The summed E-state index contributed by atoms with van der Waals surface area (Å²) >= 11 is 0. The van der Waals surface area contributed by atoms with Crippen molar-refractivity contribution in [1.82, 2.24) is 5.32 Å². The van der Waals surface area contributed by atoms with Crippen molar-refractivity contribution in [2.45, 2.75) is 43.0 Å². The van der Waals surface area contributed by atoms with Gasteiger partial charge in [0.2, 0.25) is 11.3 Å². The van der Waals surface area contributed by atoms with Crippen LogP contribution < -0.4 is 5.32 Å². The lowest BCUT2D eigenvalue weighted by Gasteiger charge is -2.41. The molecule has 10 nitrogen and oxygen atoms in total. The van der Waals surface area contributed by atoms with Gasteiger partial charge in [-0.05, 0) is 0 Å². The average Bonchev–Trinajstić information content (AvgIpc) is 2.27. The zero-order valence-electron chi connectivity index (χ0n) is 9.74. The molecule has 1 saturated heterocycles. The standard InChI is InChI=1S/C8H15NO9S/c1-2(10)9-3-4(11)5(12)6(18-7(3)13)8(14)19(15,16)17/h3-8,11-14H,1H3,(H,9,10)(H,15,16,17)/t3-,4+,5-,6-,7-,8?/m0/s1. The van der Waals surface area contributed by atoms with Gasteiger partial charge in [-0.1, -0.05) is 0 Å². The molecule has 0 aromatic carbocycles. The molecule has 1 aliphatic rings. The van der Waals surface area contributed by atoms with Crippen molar-refractivity contribution < 1.29 is 42.9 Å². The quantitative estimate of drug-likeness (QED) is 0.285. The van der Waals surface area contributed by atoms with Crippen LogP contribution in [0, 0.1) is 0 Å². The Kier molecular flexibility index (Phi) is 4.84. The van der Waals surface area contributed by atoms with Crippen LogP contribution in [0.15, 0.2) is 0 Å². The fourth-order valence-corrected chi connectivity index (χ4v) is 2.26. The summed E-state index contributed by atoms with van der Waals surface area (Å²) in [4.78, 5) is 10.8. The minimum absolute atomic E-state index is 0.632. The molecule has 0 bridgehead atoms. The number of hydrogen-bond acceptors (Lipinski definition) is 8. The molecule has 0 aromatic heterocycles. The van der Waals surface area contributed by atoms with Crippen molar-refractivity contribution in [3.63, 3.8) is 0 Å². The molecule has 6 N–H and O–H groups in total. The van der Waals surface area contributed by atoms with E-state index < -0.39 is 52.1 Å². The van der Waals surface area contributed by atoms with E-state index in [-0.39, 0.29) is 0 Å². The summed E-state index contributed by atoms with van der Waals surface area (Å²) in [5.74, 6) is -0.632. The van der Waals surface area contributed by atoms with Gasteiger partial charge in [-0.2, -0.15) is 8.42 Å². The van der Waals surface area contributed by atoms with Crippen LogP contribution >= 0.6 is 0 Å². The maximum Gasteiger partial charge on any atom is 0.294 e. The zero-order valence-corrected chi connectivity index (χ0v) is 10.6. The molecule has 6 atom stereocenters. The lowest BCUT2D eigenvalue weighted by molar-refractivity contribution is -0.258. The molecule has 1 amide bonds. The number of aliphatic hydroxyl groups excluding tert-OH is 4. The minimum atomic E-state index is -4.96. The molecule has 0 aliphatic carbocycles. The lowest BCUT2D eigenvalue weighted by Crippen LogP contribution is -2.66. The van der Waals surface area contributed by atoms with E-state index >= 15 is 0 Å². The highest BCUT2D eigenvalue weighted by Gasteiger charge is 2.49. The van der Waals surface area contributed by atoms with Gasteiger partial charge in [-0.3, -0.25) is 9.35 Å². The van der Waals surface area contributed by atoms with E-state index in [1.54, 1.807) is 0 Å². The van der Waals surface area contributed by atoms with Gasteiger partial charge in [-0.15, -0.1) is 0 Å². The third-order valence-electron chi connectivity index (χ3n) is 2.61. The van der Waals surface area contributed by atoms with E-state index in [1.165, 1.54) is 0 Å². The smallest absolute Gasteiger partial charge is 0.294 e. The van der Waals surface area contributed by atoms with Gasteiger partial charge in [0.05, 0.1) is 0 Å². The molecule has 0 aromatic rings. The number of carbonyl (C=O) groups is 1. The monoisotopic (exact) mass is 301 g/mol. The molecule has 1 fully saturated rings. The van der Waals surface area contributed by atoms with Crippen LogP contribution in [0.25, 0.3) is 0 Å². The maximum absolute atomic E-state index is 10.8. The third-order valence-corrected chi connectivity index (χ3v) is 3.49. The first-order valence-corrected chi connectivity index (χ1v) is 6.67. The van der Waals surface area contributed by atoms with E-state index in [0.717, 1.165) is 6.92 Å². The van der Waals surface area contributed by atoms with E-state index in [0.29, 0.717) is 0 Å². The highest BCUT2D eigenvalue weighted by atomic mass is 32.2. The van der Waals surface area contributed by atoms with Gasteiger partial charge in [-0.25, -0.2) is 0 Å². The first-order valence-electron chi connectivity index (χ1n) is 5.17. The Hall–Kier alpha value is -0.820. The van der Waals surface area contributed by atoms with Gasteiger partial charge >= 0.3 is 0 Å². The van der Waals surface area contributed by atoms with Crippen LogP contribution in [-0.2, 0) is 19.6 Å². The molecule has 1 rings (SSSR count). The topological polar surface area (TPSA) is 174 Å². The number of ether oxygens (including phenoxy) is 1. The van der Waals surface area contributed by atoms with Gasteiger partial charge in [0.1, 0.15) is 24.4 Å². The van der Waals surface area contributed by atoms with E-state index in [9.17, 15) is 33.6 Å². The lowest BCUT2D eigenvalue weighted by atomic mass is 9.97. The van der Waals surface area contributed by atoms with Crippen molar-refractivity contribution in [2.24, 2.45) is 0 Å². The van der Waals surface area contributed by atoms with Crippen molar-refractivity contribution in [1.29, 1.82) is 0 Å². The normalized spacial score (nSPS) is 37.7. The van der Waals surface area contributed by atoms with Crippen LogP contribution in [-0.4, -0.2) is 75.4 Å². The minimum Gasteiger partial charge on any atom is -0.388 e. The summed E-state index contributed by atoms with van der Waals surface area (Å²) in [7, 11) is -4.96. The number of amides is 1. The fraction of sp³-hybridized carbons (Fsp3) is 0.875. The number of rotatable bonds is 3. The van der Waals surface area contributed by atoms with Crippen LogP contribution in [0.2, 0.25) is 0 Å². The van der Waals surface area contributed by atoms with E-state index in [2.05, 4.69) is 10.1 Å². The second-order valence-electron chi connectivity index (χ2n) is 4.10. The Labute approximate surface area is 108 Å². The second kappa shape index (κ2) is 5.66. The van der Waals surface area contributed by atoms with Crippen molar-refractivity contribution in [3.05, 3.63) is 0 Å². The molecule has 1 heterocycles. The summed E-state index contributed by atoms with van der Waals surface area (Å²) in [6, 6.07) is -1.41. The molecule has 1 unspecified atom stereocenters. The SMILES string of the molecule is CC(=O)N[C@H]1[C@@H](O)[C@H](O)[C@@H](C(O)S(=O)(=O)O)O[C@@H]1O. The van der Waals surface area contributed by atoms with Gasteiger partial charge in [0, 0.05) is 6.92 Å². The van der Waals surface area contributed by atoms with E-state index in [1.807, 2.05) is 0 Å². The number of aliphatic hydroxyl groups is 4. The van der Waals surface area contributed by atoms with E-state index in [4.69, 9.17) is 4.55 Å². The summed E-state index contributed by atoms with van der Waals surface area (Å²) in [6.45, 7) is 1.09. The highest BCUT2D eigenvalue weighted by Crippen LogP contribution is 2.23. The van der Waals surface area contributed by atoms with Gasteiger partial charge < -0.3 is 30.5 Å². The van der Waals surface area contributed by atoms with Crippen LogP contribution in [0.5, 0.6) is 0 Å². The highest BCUT2D eigenvalue weighted by molar-refractivity contribution is 7.86. The van der Waals surface area contributed by atoms with Crippen molar-refractivity contribution in [3.8, 4) is 0 Å². The first kappa shape index (κ1) is 16.2. The Bertz CT molecular complexity index is 438. The fourth-order valence-electron chi connectivity index (χ4n) is 1.70. The second-order valence-corrected chi connectivity index (χ2v) is 5.62. The van der Waals surface area contributed by atoms with Crippen LogP contribution in [0.3, 0.4) is 0 Å². The summed E-state index contributed by atoms with van der Waals surface area (Å²) in [5.41, 5.74) is -2.55. The molecule has 0 spiro atoms. The molecule has 19 heavy (non-hydrogen) atoms. The Morgan fingerprint density at radius 2 is 1.79 bits per heavy atom. The molecule has 0 saturated carbocycles. The Morgan fingerprint density at radius 1 is 1.26 bits per heavy atom. The van der Waals surface area contributed by atoms with Crippen molar-refractivity contribution in [2.75, 3.05) is 0 Å². The predicted molar refractivity (Wildman–Crippen MR) is 58.1 cm³/mol. The molecular formula is C8H15NO9S. The Morgan fingerprint density at radius 3 is 2.21 bits per heavy atom. The van der Waals surface area contributed by atoms with Gasteiger partial charge in [0.25, 0.3) is 10.1 Å². The third kappa shape index (κ3) is 3.60. The number of carbonyl (C=O) groups excluding carboxylic acids is 1. The number of nitrogens with one attached hydrogen (secondary N) is 1. The maximum atomic E-state index is 10.8. The molecule has 0 radical (unpaired) electrons. The molecule has 112 valence electrons. The predicted octanol–water partition coefficient (Wildman–Crippen LogP) is -3.86. The average molecular weight is 301 g/mol. The Balaban J connectivity index is 2.91. The van der Waals surface area contributed by atoms with Crippen LogP contribution in [0.4, 0.5) is 0 Å². The summed E-state index contributed by atoms with van der Waals surface area (Å²) < 4.78 is 34.7. The largest absolute Gasteiger partial charge is 0.388 e. The van der Waals surface area contributed by atoms with Gasteiger partial charge in [0.15, 0.2) is 6.29 Å². The molecule has 1 aliphatic heterocycles. The number of hydrogen-bond donors (Lipinski definition) is 6. The summed E-state index contributed by atoms with van der Waals surface area (Å²) in [6.07, 6.45) is -7.58. The molecular weight excluding hydrogens is 286 g/mol. The first-order chi connectivity index (χ1) is 8.55. The van der Waals surface area contributed by atoms with Crippen molar-refractivity contribution >= 4 is 16.0 Å². The summed E-state index contributed by atoms with van der Waals surface area (Å²) in [5, 5.41) is 40.1.